The van der Waals surface area contributed by atoms with Crippen molar-refractivity contribution >= 4 is 17.5 Å². The molecule has 0 aliphatic carbocycles. The van der Waals surface area contributed by atoms with Crippen LogP contribution in [0.25, 0.3) is 11.3 Å². The summed E-state index contributed by atoms with van der Waals surface area (Å²) in [5.74, 6) is 1.31. The fourth-order valence-corrected chi connectivity index (χ4v) is 3.42. The van der Waals surface area contributed by atoms with E-state index in [1.54, 1.807) is 6.20 Å². The van der Waals surface area contributed by atoms with Crippen LogP contribution in [-0.4, -0.2) is 48.1 Å². The van der Waals surface area contributed by atoms with Gasteiger partial charge in [-0.1, -0.05) is 23.7 Å². The minimum Gasteiger partial charge on any atom is -0.441 e. The van der Waals surface area contributed by atoms with E-state index in [0.29, 0.717) is 42.7 Å². The van der Waals surface area contributed by atoms with Gasteiger partial charge in [0.1, 0.15) is 0 Å². The number of aryl methyl sites for hydroxylation is 1. The van der Waals surface area contributed by atoms with Crippen LogP contribution in [0.5, 0.6) is 0 Å². The molecule has 3 rings (SSSR count). The van der Waals surface area contributed by atoms with Crippen LogP contribution in [0.3, 0.4) is 0 Å². The van der Waals surface area contributed by atoms with Gasteiger partial charge in [-0.15, -0.1) is 0 Å². The Morgan fingerprint density at radius 1 is 1.33 bits per heavy atom. The highest BCUT2D eigenvalue weighted by Crippen LogP contribution is 2.28. The maximum atomic E-state index is 12.4. The minimum atomic E-state index is 0.132. The lowest BCUT2D eigenvalue weighted by molar-refractivity contribution is -0.133. The molecule has 2 aromatic rings. The van der Waals surface area contributed by atoms with Crippen molar-refractivity contribution in [2.75, 3.05) is 26.2 Å². The van der Waals surface area contributed by atoms with Crippen LogP contribution >= 0.6 is 11.6 Å². The molecule has 2 N–H and O–H groups in total. The van der Waals surface area contributed by atoms with Gasteiger partial charge in [0.2, 0.25) is 5.91 Å². The molecule has 0 spiro atoms. The van der Waals surface area contributed by atoms with Gasteiger partial charge in [0.25, 0.3) is 0 Å². The molecule has 1 amide bonds. The summed E-state index contributed by atoms with van der Waals surface area (Å²) in [6.07, 6.45) is 5.41. The summed E-state index contributed by atoms with van der Waals surface area (Å²) in [6, 6.07) is 7.47. The molecule has 0 bridgehead atoms. The molecule has 27 heavy (non-hydrogen) atoms. The van der Waals surface area contributed by atoms with Crippen LogP contribution in [0.2, 0.25) is 5.02 Å². The predicted molar refractivity (Wildman–Crippen MR) is 104 cm³/mol. The molecule has 1 fully saturated rings. The number of ether oxygens (including phenoxy) is 1. The van der Waals surface area contributed by atoms with Crippen molar-refractivity contribution < 1.29 is 13.9 Å². The molecule has 1 aliphatic rings. The first-order valence-electron chi connectivity index (χ1n) is 9.46. The van der Waals surface area contributed by atoms with Crippen molar-refractivity contribution in [3.05, 3.63) is 41.4 Å². The van der Waals surface area contributed by atoms with Gasteiger partial charge in [-0.2, -0.15) is 0 Å². The highest BCUT2D eigenvalue weighted by molar-refractivity contribution is 6.33. The monoisotopic (exact) mass is 391 g/mol. The van der Waals surface area contributed by atoms with Gasteiger partial charge in [0.05, 0.1) is 17.3 Å². The van der Waals surface area contributed by atoms with E-state index in [0.717, 1.165) is 37.9 Å². The molecule has 6 nitrogen and oxygen atoms in total. The number of benzene rings is 1. The molecule has 1 aromatic carbocycles. The lowest BCUT2D eigenvalue weighted by Crippen LogP contribution is -2.41. The van der Waals surface area contributed by atoms with Crippen LogP contribution in [0, 0.1) is 0 Å². The standard InChI is InChI=1S/C20H26ClN3O3/c21-17-5-2-1-4-16(17)18-14-23-19(27-18)6-7-20(25)24-11-8-15(9-12-24)26-13-3-10-22/h1-2,4-5,14-15H,3,6-13,22H2. The Morgan fingerprint density at radius 2 is 2.11 bits per heavy atom. The predicted octanol–water partition coefficient (Wildman–Crippen LogP) is 3.28. The summed E-state index contributed by atoms with van der Waals surface area (Å²) >= 11 is 6.18. The Balaban J connectivity index is 1.44. The Bertz CT molecular complexity index is 742. The maximum Gasteiger partial charge on any atom is 0.223 e. The fourth-order valence-electron chi connectivity index (χ4n) is 3.19. The van der Waals surface area contributed by atoms with E-state index in [4.69, 9.17) is 26.5 Å². The smallest absolute Gasteiger partial charge is 0.223 e. The molecule has 0 atom stereocenters. The average Bonchev–Trinajstić information content (AvgIpc) is 3.16. The summed E-state index contributed by atoms with van der Waals surface area (Å²) < 4.78 is 11.5. The number of nitrogens with zero attached hydrogens (tertiary/aromatic N) is 2. The van der Waals surface area contributed by atoms with E-state index in [1.807, 2.05) is 29.2 Å². The van der Waals surface area contributed by atoms with Crippen LogP contribution in [-0.2, 0) is 16.0 Å². The van der Waals surface area contributed by atoms with E-state index < -0.39 is 0 Å². The van der Waals surface area contributed by atoms with Gasteiger partial charge in [-0.25, -0.2) is 4.98 Å². The van der Waals surface area contributed by atoms with E-state index in [1.165, 1.54) is 0 Å². The second-order valence-corrected chi connectivity index (χ2v) is 7.10. The van der Waals surface area contributed by atoms with Crippen molar-refractivity contribution in [1.29, 1.82) is 0 Å². The first-order chi connectivity index (χ1) is 13.2. The Kier molecular flexibility index (Phi) is 7.26. The summed E-state index contributed by atoms with van der Waals surface area (Å²) in [6.45, 7) is 2.83. The van der Waals surface area contributed by atoms with Crippen molar-refractivity contribution in [2.45, 2.75) is 38.2 Å². The quantitative estimate of drug-likeness (QED) is 0.698. The fraction of sp³-hybridized carbons (Fsp3) is 0.500. The van der Waals surface area contributed by atoms with Crippen molar-refractivity contribution in [3.63, 3.8) is 0 Å². The highest BCUT2D eigenvalue weighted by atomic mass is 35.5. The second kappa shape index (κ2) is 9.88. The van der Waals surface area contributed by atoms with E-state index in [2.05, 4.69) is 4.98 Å². The third-order valence-electron chi connectivity index (χ3n) is 4.74. The largest absolute Gasteiger partial charge is 0.441 e. The Morgan fingerprint density at radius 3 is 2.85 bits per heavy atom. The SMILES string of the molecule is NCCCOC1CCN(C(=O)CCc2ncc(-c3ccccc3Cl)o2)CC1. The minimum absolute atomic E-state index is 0.132. The first-order valence-corrected chi connectivity index (χ1v) is 9.84. The third kappa shape index (κ3) is 5.54. The molecule has 1 aliphatic heterocycles. The van der Waals surface area contributed by atoms with E-state index in [9.17, 15) is 4.79 Å². The van der Waals surface area contributed by atoms with Crippen LogP contribution < -0.4 is 5.73 Å². The Labute approximate surface area is 164 Å². The number of amides is 1. The lowest BCUT2D eigenvalue weighted by atomic mass is 10.1. The highest BCUT2D eigenvalue weighted by Gasteiger charge is 2.23. The summed E-state index contributed by atoms with van der Waals surface area (Å²) in [7, 11) is 0. The number of oxazole rings is 1. The molecule has 1 aromatic heterocycles. The number of rotatable bonds is 8. The van der Waals surface area contributed by atoms with E-state index >= 15 is 0 Å². The first kappa shape index (κ1) is 19.9. The molecule has 7 heteroatoms. The van der Waals surface area contributed by atoms with Gasteiger partial charge < -0.3 is 19.8 Å². The molecule has 0 unspecified atom stereocenters. The number of carbonyl (C=O) groups excluding carboxylic acids is 1. The zero-order valence-electron chi connectivity index (χ0n) is 15.4. The second-order valence-electron chi connectivity index (χ2n) is 6.69. The molecular formula is C20H26ClN3O3. The number of hydrogen-bond donors (Lipinski definition) is 1. The maximum absolute atomic E-state index is 12.4. The number of halogens is 1. The van der Waals surface area contributed by atoms with Crippen LogP contribution in [0.4, 0.5) is 0 Å². The summed E-state index contributed by atoms with van der Waals surface area (Å²) in [4.78, 5) is 18.6. The number of aromatic nitrogens is 1. The molecular weight excluding hydrogens is 366 g/mol. The van der Waals surface area contributed by atoms with Crippen molar-refractivity contribution in [3.8, 4) is 11.3 Å². The summed E-state index contributed by atoms with van der Waals surface area (Å²) in [5, 5.41) is 0.618. The van der Waals surface area contributed by atoms with Gasteiger partial charge in [-0.05, 0) is 37.9 Å². The zero-order chi connectivity index (χ0) is 19.1. The third-order valence-corrected chi connectivity index (χ3v) is 5.07. The lowest BCUT2D eigenvalue weighted by Gasteiger charge is -2.32. The topological polar surface area (TPSA) is 81.6 Å². The van der Waals surface area contributed by atoms with E-state index in [-0.39, 0.29) is 12.0 Å². The molecule has 0 saturated carbocycles. The normalized spacial score (nSPS) is 15.3. The molecule has 146 valence electrons. The van der Waals surface area contributed by atoms with Gasteiger partial charge in [0.15, 0.2) is 11.7 Å². The van der Waals surface area contributed by atoms with Crippen molar-refractivity contribution in [1.82, 2.24) is 9.88 Å². The average molecular weight is 392 g/mol. The number of nitrogens with two attached hydrogens (primary N) is 1. The van der Waals surface area contributed by atoms with Gasteiger partial charge in [0, 0.05) is 38.1 Å². The number of likely N-dealkylation sites (tertiary alicyclic amines) is 1. The molecule has 1 saturated heterocycles. The number of carbonyl (C=O) groups is 1. The van der Waals surface area contributed by atoms with Gasteiger partial charge >= 0.3 is 0 Å². The van der Waals surface area contributed by atoms with Gasteiger partial charge in [-0.3, -0.25) is 4.79 Å². The van der Waals surface area contributed by atoms with Crippen LogP contribution in [0.15, 0.2) is 34.9 Å². The van der Waals surface area contributed by atoms with Crippen molar-refractivity contribution in [2.24, 2.45) is 5.73 Å². The zero-order valence-corrected chi connectivity index (χ0v) is 16.2. The molecule has 2 heterocycles. The number of hydrogen-bond acceptors (Lipinski definition) is 5. The summed E-state index contributed by atoms with van der Waals surface area (Å²) in [5.41, 5.74) is 6.28. The number of piperidine rings is 1. The molecule has 0 radical (unpaired) electrons. The Hall–Kier alpha value is -1.89. The van der Waals surface area contributed by atoms with Crippen LogP contribution in [0.1, 0.15) is 31.6 Å².